The van der Waals surface area contributed by atoms with Crippen LogP contribution >= 0.6 is 0 Å². The molecule has 2 aromatic rings. The van der Waals surface area contributed by atoms with Gasteiger partial charge in [-0.05, 0) is 31.9 Å². The summed E-state index contributed by atoms with van der Waals surface area (Å²) in [6.07, 6.45) is 5.04. The lowest BCUT2D eigenvalue weighted by molar-refractivity contribution is 0.252. The van der Waals surface area contributed by atoms with Crippen molar-refractivity contribution in [3.63, 3.8) is 0 Å². The monoisotopic (exact) mass is 327 g/mol. The molecule has 2 aliphatic rings. The van der Waals surface area contributed by atoms with Gasteiger partial charge in [0.1, 0.15) is 23.4 Å². The van der Waals surface area contributed by atoms with Crippen molar-refractivity contribution in [2.45, 2.75) is 51.2 Å². The first-order valence-electron chi connectivity index (χ1n) is 8.78. The zero-order chi connectivity index (χ0) is 16.7. The maximum absolute atomic E-state index is 6.01. The van der Waals surface area contributed by atoms with Gasteiger partial charge in [-0.15, -0.1) is 0 Å². The van der Waals surface area contributed by atoms with E-state index in [0.717, 1.165) is 29.3 Å². The predicted molar refractivity (Wildman–Crippen MR) is 93.9 cm³/mol. The van der Waals surface area contributed by atoms with Gasteiger partial charge in [0, 0.05) is 43.1 Å². The number of fused-ring (bicyclic) bond motifs is 1. The Morgan fingerprint density at radius 3 is 2.88 bits per heavy atom. The lowest BCUT2D eigenvalue weighted by atomic mass is 9.83. The highest BCUT2D eigenvalue weighted by atomic mass is 16.5. The Morgan fingerprint density at radius 1 is 1.33 bits per heavy atom. The van der Waals surface area contributed by atoms with Crippen molar-refractivity contribution in [1.82, 2.24) is 9.78 Å². The summed E-state index contributed by atoms with van der Waals surface area (Å²) in [6, 6.07) is 6.34. The fourth-order valence-electron chi connectivity index (χ4n) is 3.57. The van der Waals surface area contributed by atoms with Crippen LogP contribution in [0.4, 0.5) is 5.82 Å². The number of rotatable bonds is 5. The summed E-state index contributed by atoms with van der Waals surface area (Å²) in [5, 5.41) is 8.17. The number of benzene rings is 1. The summed E-state index contributed by atoms with van der Waals surface area (Å²) in [7, 11) is 3.71. The SMILES string of the molecule is COc1cc(CNc2cc(C3CCC3)nn2C)c2c(c1)CC(C)O2. The van der Waals surface area contributed by atoms with E-state index in [9.17, 15) is 0 Å². The molecule has 5 heteroatoms. The maximum atomic E-state index is 6.01. The van der Waals surface area contributed by atoms with Crippen LogP contribution in [-0.4, -0.2) is 23.0 Å². The van der Waals surface area contributed by atoms with Crippen molar-refractivity contribution < 1.29 is 9.47 Å². The van der Waals surface area contributed by atoms with Crippen molar-refractivity contribution in [3.05, 3.63) is 35.0 Å². The first-order valence-corrected chi connectivity index (χ1v) is 8.78. The third-order valence-corrected chi connectivity index (χ3v) is 5.16. The van der Waals surface area contributed by atoms with E-state index in [1.807, 2.05) is 11.7 Å². The Bertz CT molecular complexity index is 749. The first-order chi connectivity index (χ1) is 11.6. The van der Waals surface area contributed by atoms with Crippen LogP contribution in [0.2, 0.25) is 0 Å². The lowest BCUT2D eigenvalue weighted by Gasteiger charge is -2.22. The van der Waals surface area contributed by atoms with Gasteiger partial charge >= 0.3 is 0 Å². The van der Waals surface area contributed by atoms with Gasteiger partial charge in [-0.3, -0.25) is 4.68 Å². The molecule has 128 valence electrons. The molecule has 1 aliphatic heterocycles. The average molecular weight is 327 g/mol. The summed E-state index contributed by atoms with van der Waals surface area (Å²) < 4.78 is 13.4. The molecule has 1 unspecified atom stereocenters. The molecule has 0 bridgehead atoms. The topological polar surface area (TPSA) is 48.3 Å². The molecule has 0 spiro atoms. The second-order valence-corrected chi connectivity index (χ2v) is 6.97. The van der Waals surface area contributed by atoms with Crippen LogP contribution in [0, 0.1) is 0 Å². The minimum absolute atomic E-state index is 0.229. The molecule has 1 aliphatic carbocycles. The molecule has 0 amide bonds. The number of methoxy groups -OCH3 is 1. The summed E-state index contributed by atoms with van der Waals surface area (Å²) in [5.41, 5.74) is 3.59. The molecule has 24 heavy (non-hydrogen) atoms. The third-order valence-electron chi connectivity index (χ3n) is 5.16. The molecule has 2 heterocycles. The zero-order valence-electron chi connectivity index (χ0n) is 14.6. The Labute approximate surface area is 143 Å². The molecular formula is C19H25N3O2. The van der Waals surface area contributed by atoms with Gasteiger partial charge in [-0.2, -0.15) is 5.10 Å². The molecule has 1 N–H and O–H groups in total. The normalized spacial score (nSPS) is 19.5. The highest BCUT2D eigenvalue weighted by Crippen LogP contribution is 2.38. The number of aromatic nitrogens is 2. The fraction of sp³-hybridized carbons (Fsp3) is 0.526. The standard InChI is InChI=1S/C19H25N3O2/c1-12-7-14-8-16(23-3)9-15(19(14)24-12)11-20-18-10-17(21-22(18)2)13-5-4-6-13/h8-10,12-13,20H,4-7,11H2,1-3H3. The van der Waals surface area contributed by atoms with Crippen molar-refractivity contribution in [2.24, 2.45) is 7.05 Å². The van der Waals surface area contributed by atoms with Crippen LogP contribution < -0.4 is 14.8 Å². The Hall–Kier alpha value is -2.17. The van der Waals surface area contributed by atoms with Crippen LogP contribution in [0.15, 0.2) is 18.2 Å². The number of ether oxygens (including phenoxy) is 2. The van der Waals surface area contributed by atoms with E-state index in [2.05, 4.69) is 35.5 Å². The Morgan fingerprint density at radius 2 is 2.17 bits per heavy atom. The van der Waals surface area contributed by atoms with Crippen molar-refractivity contribution in [1.29, 1.82) is 0 Å². The first kappa shape index (κ1) is 15.4. The molecule has 5 nitrogen and oxygen atoms in total. The summed E-state index contributed by atoms with van der Waals surface area (Å²) in [4.78, 5) is 0. The molecule has 1 saturated carbocycles. The van der Waals surface area contributed by atoms with Crippen LogP contribution in [-0.2, 0) is 20.0 Å². The number of anilines is 1. The van der Waals surface area contributed by atoms with Gasteiger partial charge in [0.2, 0.25) is 0 Å². The van der Waals surface area contributed by atoms with Crippen LogP contribution in [0.3, 0.4) is 0 Å². The third kappa shape index (κ3) is 2.72. The molecule has 1 aromatic heterocycles. The van der Waals surface area contributed by atoms with Crippen LogP contribution in [0.5, 0.6) is 11.5 Å². The largest absolute Gasteiger partial charge is 0.497 e. The van der Waals surface area contributed by atoms with Gasteiger partial charge in [-0.25, -0.2) is 0 Å². The molecule has 1 atom stereocenters. The maximum Gasteiger partial charge on any atom is 0.128 e. The molecule has 1 aromatic carbocycles. The minimum Gasteiger partial charge on any atom is -0.497 e. The predicted octanol–water partition coefficient (Wildman–Crippen LogP) is 3.63. The summed E-state index contributed by atoms with van der Waals surface area (Å²) >= 11 is 0. The average Bonchev–Trinajstić information content (AvgIpc) is 3.05. The Kier molecular flexibility index (Phi) is 3.87. The van der Waals surface area contributed by atoms with Gasteiger partial charge in [-0.1, -0.05) is 6.42 Å². The van der Waals surface area contributed by atoms with E-state index < -0.39 is 0 Å². The number of hydrogen-bond acceptors (Lipinski definition) is 4. The molecule has 1 fully saturated rings. The van der Waals surface area contributed by atoms with Gasteiger partial charge in [0.05, 0.1) is 12.8 Å². The molecular weight excluding hydrogens is 302 g/mol. The highest BCUT2D eigenvalue weighted by Gasteiger charge is 2.25. The summed E-state index contributed by atoms with van der Waals surface area (Å²) in [6.45, 7) is 2.81. The molecule has 4 rings (SSSR count). The van der Waals surface area contributed by atoms with E-state index in [1.165, 1.54) is 30.5 Å². The van der Waals surface area contributed by atoms with E-state index in [0.29, 0.717) is 12.5 Å². The Balaban J connectivity index is 1.54. The number of hydrogen-bond donors (Lipinski definition) is 1. The fourth-order valence-corrected chi connectivity index (χ4v) is 3.57. The van der Waals surface area contributed by atoms with E-state index in [4.69, 9.17) is 9.47 Å². The molecule has 0 saturated heterocycles. The van der Waals surface area contributed by atoms with Gasteiger partial charge < -0.3 is 14.8 Å². The van der Waals surface area contributed by atoms with Gasteiger partial charge in [0.15, 0.2) is 0 Å². The minimum atomic E-state index is 0.229. The zero-order valence-corrected chi connectivity index (χ0v) is 14.6. The van der Waals surface area contributed by atoms with E-state index >= 15 is 0 Å². The highest BCUT2D eigenvalue weighted by molar-refractivity contribution is 5.51. The van der Waals surface area contributed by atoms with Crippen molar-refractivity contribution in [2.75, 3.05) is 12.4 Å². The van der Waals surface area contributed by atoms with Crippen LogP contribution in [0.25, 0.3) is 0 Å². The second-order valence-electron chi connectivity index (χ2n) is 6.97. The summed E-state index contributed by atoms with van der Waals surface area (Å²) in [5.74, 6) is 3.61. The van der Waals surface area contributed by atoms with Gasteiger partial charge in [0.25, 0.3) is 0 Å². The quantitative estimate of drug-likeness (QED) is 0.911. The van der Waals surface area contributed by atoms with Crippen molar-refractivity contribution in [3.8, 4) is 11.5 Å². The second kappa shape index (κ2) is 6.04. The van der Waals surface area contributed by atoms with E-state index in [1.54, 1.807) is 7.11 Å². The van der Waals surface area contributed by atoms with Crippen molar-refractivity contribution >= 4 is 5.82 Å². The lowest BCUT2D eigenvalue weighted by Crippen LogP contribution is -2.09. The smallest absolute Gasteiger partial charge is 0.128 e. The number of nitrogens with zero attached hydrogens (tertiary/aromatic N) is 2. The van der Waals surface area contributed by atoms with Crippen LogP contribution in [0.1, 0.15) is 48.9 Å². The number of aryl methyl sites for hydroxylation is 1. The molecule has 0 radical (unpaired) electrons. The van der Waals surface area contributed by atoms with E-state index in [-0.39, 0.29) is 6.10 Å². The number of nitrogens with one attached hydrogen (secondary N) is 1.